The quantitative estimate of drug-likeness (QED) is 0.533. The molecule has 5 nitrogen and oxygen atoms in total. The number of hydrogen-bond donors (Lipinski definition) is 2. The lowest BCUT2D eigenvalue weighted by Crippen LogP contribution is -2.46. The molecule has 1 heterocycles. The highest BCUT2D eigenvalue weighted by Crippen LogP contribution is 2.30. The van der Waals surface area contributed by atoms with Gasteiger partial charge in [0.2, 0.25) is 5.79 Å². The van der Waals surface area contributed by atoms with Crippen molar-refractivity contribution in [2.75, 3.05) is 20.8 Å². The number of allylic oxidation sites excluding steroid dienone is 1. The number of nitrogens with two attached hydrogens (primary N) is 1. The first-order valence-corrected chi connectivity index (χ1v) is 5.42. The first-order valence-electron chi connectivity index (χ1n) is 5.42. The molecule has 3 N–H and O–H groups in total. The Balaban J connectivity index is 3.16. The third-order valence-corrected chi connectivity index (χ3v) is 2.88. The van der Waals surface area contributed by atoms with Crippen LogP contribution in [-0.2, 0) is 14.3 Å². The molecule has 16 heavy (non-hydrogen) atoms. The molecule has 92 valence electrons. The molecule has 1 saturated heterocycles. The van der Waals surface area contributed by atoms with Gasteiger partial charge >= 0.3 is 0 Å². The molecule has 5 heteroatoms. The van der Waals surface area contributed by atoms with Crippen LogP contribution in [0.4, 0.5) is 0 Å². The van der Waals surface area contributed by atoms with Crippen LogP contribution in [0, 0.1) is 0 Å². The van der Waals surface area contributed by atoms with Gasteiger partial charge < -0.3 is 20.5 Å². The van der Waals surface area contributed by atoms with Crippen LogP contribution in [0.3, 0.4) is 0 Å². The Kier molecular flexibility index (Phi) is 4.32. The molecule has 0 saturated carbocycles. The van der Waals surface area contributed by atoms with Crippen molar-refractivity contribution in [3.8, 4) is 0 Å². The maximum Gasteiger partial charge on any atom is 0.254 e. The maximum atomic E-state index is 11.9. The second-order valence-electron chi connectivity index (χ2n) is 3.93. The zero-order valence-electron chi connectivity index (χ0n) is 10.1. The smallest absolute Gasteiger partial charge is 0.254 e. The van der Waals surface area contributed by atoms with E-state index in [0.29, 0.717) is 24.2 Å². The summed E-state index contributed by atoms with van der Waals surface area (Å²) >= 11 is 0. The minimum absolute atomic E-state index is 0.205. The van der Waals surface area contributed by atoms with Crippen LogP contribution in [0.25, 0.3) is 0 Å². The summed E-state index contributed by atoms with van der Waals surface area (Å²) in [4.78, 5) is 11.9. The van der Waals surface area contributed by atoms with Crippen molar-refractivity contribution in [3.63, 3.8) is 0 Å². The highest BCUT2D eigenvalue weighted by atomic mass is 16.7. The van der Waals surface area contributed by atoms with Crippen molar-refractivity contribution < 1.29 is 14.3 Å². The number of methoxy groups -OCH3 is 2. The van der Waals surface area contributed by atoms with E-state index in [1.54, 1.807) is 6.92 Å². The fraction of sp³-hybridized carbons (Fsp3) is 0.727. The second kappa shape index (κ2) is 5.32. The molecule has 0 unspecified atom stereocenters. The molecule has 1 rings (SSSR count). The average Bonchev–Trinajstić information content (AvgIpc) is 2.23. The predicted molar refractivity (Wildman–Crippen MR) is 60.5 cm³/mol. The third-order valence-electron chi connectivity index (χ3n) is 2.88. The molecule has 1 aliphatic heterocycles. The van der Waals surface area contributed by atoms with E-state index >= 15 is 0 Å². The number of ether oxygens (including phenoxy) is 2. The van der Waals surface area contributed by atoms with Gasteiger partial charge in [-0.05, 0) is 19.8 Å². The molecule has 1 aliphatic rings. The number of rotatable bonds is 2. The molecule has 1 fully saturated rings. The van der Waals surface area contributed by atoms with Crippen LogP contribution < -0.4 is 11.1 Å². The van der Waals surface area contributed by atoms with Gasteiger partial charge in [0.15, 0.2) is 0 Å². The van der Waals surface area contributed by atoms with Crippen LogP contribution in [0.1, 0.15) is 26.2 Å². The van der Waals surface area contributed by atoms with Crippen molar-refractivity contribution in [1.82, 2.24) is 5.32 Å². The van der Waals surface area contributed by atoms with E-state index in [4.69, 9.17) is 15.2 Å². The van der Waals surface area contributed by atoms with Crippen LogP contribution >= 0.6 is 0 Å². The Morgan fingerprint density at radius 3 is 2.50 bits per heavy atom. The highest BCUT2D eigenvalue weighted by molar-refractivity contribution is 5.95. The Morgan fingerprint density at radius 2 is 2.00 bits per heavy atom. The summed E-state index contributed by atoms with van der Waals surface area (Å²) in [5, 5.41) is 2.80. The van der Waals surface area contributed by atoms with E-state index in [-0.39, 0.29) is 5.91 Å². The van der Waals surface area contributed by atoms with Gasteiger partial charge in [-0.2, -0.15) is 0 Å². The molecule has 0 bridgehead atoms. The summed E-state index contributed by atoms with van der Waals surface area (Å²) in [5.41, 5.74) is 6.58. The van der Waals surface area contributed by atoms with Gasteiger partial charge in [-0.15, -0.1) is 0 Å². The van der Waals surface area contributed by atoms with Crippen LogP contribution in [0.2, 0.25) is 0 Å². The van der Waals surface area contributed by atoms with Crippen LogP contribution in [0.15, 0.2) is 11.3 Å². The first kappa shape index (κ1) is 13.0. The van der Waals surface area contributed by atoms with Crippen LogP contribution in [0.5, 0.6) is 0 Å². The van der Waals surface area contributed by atoms with E-state index in [9.17, 15) is 4.79 Å². The minimum Gasteiger partial charge on any atom is -0.402 e. The first-order chi connectivity index (χ1) is 7.57. The van der Waals surface area contributed by atoms with E-state index < -0.39 is 5.79 Å². The molecule has 0 aromatic carbocycles. The van der Waals surface area contributed by atoms with Gasteiger partial charge in [0.05, 0.1) is 5.57 Å². The molecule has 1 amide bonds. The average molecular weight is 228 g/mol. The molecular weight excluding hydrogens is 208 g/mol. The monoisotopic (exact) mass is 228 g/mol. The Bertz CT molecular complexity index is 292. The summed E-state index contributed by atoms with van der Waals surface area (Å²) in [5.74, 6) is -1.22. The van der Waals surface area contributed by atoms with E-state index in [1.165, 1.54) is 14.2 Å². The zero-order valence-corrected chi connectivity index (χ0v) is 10.1. The summed E-state index contributed by atoms with van der Waals surface area (Å²) in [7, 11) is 3.06. The van der Waals surface area contributed by atoms with Crippen molar-refractivity contribution in [2.24, 2.45) is 5.73 Å². The zero-order chi connectivity index (χ0) is 12.2. The molecule has 0 spiro atoms. The minimum atomic E-state index is -1.01. The molecule has 0 radical (unpaired) electrons. The lowest BCUT2D eigenvalue weighted by Gasteiger charge is -2.34. The number of carbonyl (C=O) groups excluding carboxylic acids is 1. The van der Waals surface area contributed by atoms with E-state index in [0.717, 1.165) is 12.8 Å². The molecule has 0 atom stereocenters. The molecule has 0 aromatic heterocycles. The summed E-state index contributed by atoms with van der Waals surface area (Å²) in [6.45, 7) is 2.35. The highest BCUT2D eigenvalue weighted by Gasteiger charge is 2.40. The van der Waals surface area contributed by atoms with Crippen molar-refractivity contribution in [1.29, 1.82) is 0 Å². The standard InChI is InChI=1S/C11H20N2O3/c1-8(12)9-10(14)13-7-5-4-6-11(9,15-2)16-3/h4-7,12H2,1-3H3,(H,13,14). The number of carbonyl (C=O) groups is 1. The predicted octanol–water partition coefficient (Wildman–Crippen LogP) is 0.508. The second-order valence-corrected chi connectivity index (χ2v) is 3.93. The van der Waals surface area contributed by atoms with Gasteiger partial charge in [-0.3, -0.25) is 4.79 Å². The van der Waals surface area contributed by atoms with Gasteiger partial charge in [-0.25, -0.2) is 0 Å². The summed E-state index contributed by atoms with van der Waals surface area (Å²) in [6.07, 6.45) is 2.47. The maximum absolute atomic E-state index is 11.9. The van der Waals surface area contributed by atoms with E-state index in [2.05, 4.69) is 5.32 Å². The van der Waals surface area contributed by atoms with Gasteiger partial charge in [-0.1, -0.05) is 0 Å². The molecule has 0 aromatic rings. The van der Waals surface area contributed by atoms with Crippen LogP contribution in [-0.4, -0.2) is 32.5 Å². The number of hydrogen-bond acceptors (Lipinski definition) is 4. The number of nitrogens with one attached hydrogen (secondary N) is 1. The normalized spacial score (nSPS) is 24.3. The van der Waals surface area contributed by atoms with Gasteiger partial charge in [0.1, 0.15) is 0 Å². The van der Waals surface area contributed by atoms with Gasteiger partial charge in [0.25, 0.3) is 5.91 Å². The molecular formula is C11H20N2O3. The Hall–Kier alpha value is -1.07. The Labute approximate surface area is 96.0 Å². The van der Waals surface area contributed by atoms with Crippen molar-refractivity contribution in [3.05, 3.63) is 11.3 Å². The van der Waals surface area contributed by atoms with Crippen molar-refractivity contribution in [2.45, 2.75) is 32.0 Å². The third kappa shape index (κ3) is 2.36. The van der Waals surface area contributed by atoms with Gasteiger partial charge in [0, 0.05) is 32.9 Å². The Morgan fingerprint density at radius 1 is 1.38 bits per heavy atom. The fourth-order valence-electron chi connectivity index (χ4n) is 2.04. The summed E-state index contributed by atoms with van der Waals surface area (Å²) in [6, 6.07) is 0. The summed E-state index contributed by atoms with van der Waals surface area (Å²) < 4.78 is 10.8. The lowest BCUT2D eigenvalue weighted by molar-refractivity contribution is -0.187. The number of amides is 1. The van der Waals surface area contributed by atoms with Crippen molar-refractivity contribution >= 4 is 5.91 Å². The van der Waals surface area contributed by atoms with E-state index in [1.807, 2.05) is 0 Å². The molecule has 0 aliphatic carbocycles. The largest absolute Gasteiger partial charge is 0.402 e. The lowest BCUT2D eigenvalue weighted by atomic mass is 9.95. The fourth-order valence-corrected chi connectivity index (χ4v) is 2.04. The topological polar surface area (TPSA) is 73.6 Å². The SMILES string of the molecule is COC1(OC)CCCCNC(=O)C1=C(C)N.